The molecule has 0 bridgehead atoms. The number of benzene rings is 1. The summed E-state index contributed by atoms with van der Waals surface area (Å²) in [5, 5.41) is 2.75. The molecule has 0 radical (unpaired) electrons. The molecule has 0 aliphatic carbocycles. The fourth-order valence-electron chi connectivity index (χ4n) is 2.75. The molecule has 0 unspecified atom stereocenters. The number of hydrogen-bond donors (Lipinski definition) is 1. The molecular formula is C18H20FN3O2S. The Balaban J connectivity index is 1.46. The minimum absolute atomic E-state index is 0.0634. The molecule has 1 N–H and O–H groups in total. The maximum absolute atomic E-state index is 12.9. The first kappa shape index (κ1) is 17.6. The molecule has 0 saturated carbocycles. The standard InChI is InChI=1S/C18H20FN3O2S/c1-13-2-7-16(25-13)18(24)22-10-8-21(9-11-22)12-17(23)20-15-5-3-14(19)4-6-15/h2-7H,8-12H2,1H3,(H,20,23). The quantitative estimate of drug-likeness (QED) is 0.911. The predicted octanol–water partition coefficient (Wildman–Crippen LogP) is 2.59. The lowest BCUT2D eigenvalue weighted by atomic mass is 10.2. The average Bonchev–Trinajstić information content (AvgIpc) is 3.03. The van der Waals surface area contributed by atoms with Crippen molar-refractivity contribution in [2.45, 2.75) is 6.92 Å². The van der Waals surface area contributed by atoms with Crippen molar-refractivity contribution in [1.29, 1.82) is 0 Å². The molecule has 1 saturated heterocycles. The predicted molar refractivity (Wildman–Crippen MR) is 96.4 cm³/mol. The van der Waals surface area contributed by atoms with Crippen LogP contribution in [0.4, 0.5) is 10.1 Å². The minimum Gasteiger partial charge on any atom is -0.335 e. The van der Waals surface area contributed by atoms with Gasteiger partial charge in [-0.2, -0.15) is 0 Å². The summed E-state index contributed by atoms with van der Waals surface area (Å²) in [5.41, 5.74) is 0.577. The lowest BCUT2D eigenvalue weighted by Crippen LogP contribution is -2.50. The number of hydrogen-bond acceptors (Lipinski definition) is 4. The Bertz CT molecular complexity index is 752. The summed E-state index contributed by atoms with van der Waals surface area (Å²) in [6.07, 6.45) is 0. The van der Waals surface area contributed by atoms with Crippen molar-refractivity contribution in [3.63, 3.8) is 0 Å². The number of amides is 2. The number of rotatable bonds is 4. The Hall–Kier alpha value is -2.25. The molecule has 2 aromatic rings. The second kappa shape index (κ2) is 7.76. The molecule has 2 heterocycles. The zero-order valence-electron chi connectivity index (χ0n) is 14.0. The van der Waals surface area contributed by atoms with Gasteiger partial charge < -0.3 is 10.2 Å². The van der Waals surface area contributed by atoms with Crippen LogP contribution in [0.25, 0.3) is 0 Å². The van der Waals surface area contributed by atoms with E-state index < -0.39 is 0 Å². The number of anilines is 1. The van der Waals surface area contributed by atoms with Crippen LogP contribution < -0.4 is 5.32 Å². The van der Waals surface area contributed by atoms with Crippen LogP contribution in [0.1, 0.15) is 14.5 Å². The van der Waals surface area contributed by atoms with Gasteiger partial charge in [0.05, 0.1) is 11.4 Å². The number of thiophene rings is 1. The van der Waals surface area contributed by atoms with E-state index in [1.54, 1.807) is 0 Å². The van der Waals surface area contributed by atoms with Crippen LogP contribution in [-0.2, 0) is 4.79 Å². The first-order valence-corrected chi connectivity index (χ1v) is 8.96. The lowest BCUT2D eigenvalue weighted by molar-refractivity contribution is -0.117. The van der Waals surface area contributed by atoms with E-state index in [2.05, 4.69) is 5.32 Å². The van der Waals surface area contributed by atoms with Crippen molar-refractivity contribution >= 4 is 28.8 Å². The van der Waals surface area contributed by atoms with Gasteiger partial charge in [0.1, 0.15) is 5.82 Å². The van der Waals surface area contributed by atoms with Gasteiger partial charge in [-0.15, -0.1) is 11.3 Å². The second-order valence-electron chi connectivity index (χ2n) is 6.03. The summed E-state index contributed by atoms with van der Waals surface area (Å²) in [7, 11) is 0. The van der Waals surface area contributed by atoms with Crippen LogP contribution in [0, 0.1) is 12.7 Å². The molecular weight excluding hydrogens is 341 g/mol. The van der Waals surface area contributed by atoms with E-state index in [1.165, 1.54) is 35.6 Å². The van der Waals surface area contributed by atoms with Crippen LogP contribution >= 0.6 is 11.3 Å². The van der Waals surface area contributed by atoms with Gasteiger partial charge in [0.25, 0.3) is 5.91 Å². The SMILES string of the molecule is Cc1ccc(C(=O)N2CCN(CC(=O)Nc3ccc(F)cc3)CC2)s1. The van der Waals surface area contributed by atoms with E-state index in [-0.39, 0.29) is 24.2 Å². The average molecular weight is 361 g/mol. The molecule has 5 nitrogen and oxygen atoms in total. The minimum atomic E-state index is -0.334. The van der Waals surface area contributed by atoms with Gasteiger partial charge in [-0.1, -0.05) is 0 Å². The van der Waals surface area contributed by atoms with Crippen LogP contribution in [0.15, 0.2) is 36.4 Å². The molecule has 0 spiro atoms. The number of nitrogens with zero attached hydrogens (tertiary/aromatic N) is 2. The van der Waals surface area contributed by atoms with E-state index in [9.17, 15) is 14.0 Å². The highest BCUT2D eigenvalue weighted by Gasteiger charge is 2.24. The van der Waals surface area contributed by atoms with Gasteiger partial charge >= 0.3 is 0 Å². The Labute approximate surface area is 150 Å². The fourth-order valence-corrected chi connectivity index (χ4v) is 3.59. The van der Waals surface area contributed by atoms with Gasteiger partial charge in [0.15, 0.2) is 0 Å². The first-order valence-electron chi connectivity index (χ1n) is 8.15. The number of piperazine rings is 1. The molecule has 132 valence electrons. The van der Waals surface area contributed by atoms with Crippen LogP contribution in [0.2, 0.25) is 0 Å². The fraction of sp³-hybridized carbons (Fsp3) is 0.333. The zero-order chi connectivity index (χ0) is 17.8. The Morgan fingerprint density at radius 3 is 2.36 bits per heavy atom. The summed E-state index contributed by atoms with van der Waals surface area (Å²) in [6, 6.07) is 9.51. The van der Waals surface area contributed by atoms with E-state index in [4.69, 9.17) is 0 Å². The molecule has 25 heavy (non-hydrogen) atoms. The third-order valence-electron chi connectivity index (χ3n) is 4.11. The molecule has 1 aliphatic heterocycles. The number of nitrogens with one attached hydrogen (secondary N) is 1. The molecule has 1 aromatic carbocycles. The van der Waals surface area contributed by atoms with E-state index in [0.717, 1.165) is 9.75 Å². The number of aryl methyl sites for hydroxylation is 1. The maximum Gasteiger partial charge on any atom is 0.264 e. The van der Waals surface area contributed by atoms with Crippen molar-refractivity contribution in [2.24, 2.45) is 0 Å². The molecule has 3 rings (SSSR count). The van der Waals surface area contributed by atoms with Crippen LogP contribution in [0.3, 0.4) is 0 Å². The summed E-state index contributed by atoms with van der Waals surface area (Å²) >= 11 is 1.51. The van der Waals surface area contributed by atoms with Gasteiger partial charge in [0.2, 0.25) is 5.91 Å². The molecule has 7 heteroatoms. The van der Waals surface area contributed by atoms with Gasteiger partial charge in [0, 0.05) is 36.7 Å². The number of carbonyl (C=O) groups excluding carboxylic acids is 2. The maximum atomic E-state index is 12.9. The molecule has 2 amide bonds. The molecule has 0 atom stereocenters. The van der Waals surface area contributed by atoms with Gasteiger partial charge in [-0.25, -0.2) is 4.39 Å². The van der Waals surface area contributed by atoms with Crippen molar-refractivity contribution in [1.82, 2.24) is 9.80 Å². The highest BCUT2D eigenvalue weighted by Crippen LogP contribution is 2.18. The van der Waals surface area contributed by atoms with E-state index >= 15 is 0 Å². The van der Waals surface area contributed by atoms with Crippen molar-refractivity contribution in [2.75, 3.05) is 38.0 Å². The topological polar surface area (TPSA) is 52.7 Å². The first-order chi connectivity index (χ1) is 12.0. The highest BCUT2D eigenvalue weighted by molar-refractivity contribution is 7.13. The summed E-state index contributed by atoms with van der Waals surface area (Å²) in [6.45, 7) is 4.79. The third kappa shape index (κ3) is 4.64. The highest BCUT2D eigenvalue weighted by atomic mass is 32.1. The van der Waals surface area contributed by atoms with Crippen molar-refractivity contribution in [3.8, 4) is 0 Å². The van der Waals surface area contributed by atoms with Gasteiger partial charge in [-0.05, 0) is 43.3 Å². The molecule has 1 fully saturated rings. The molecule has 1 aliphatic rings. The summed E-state index contributed by atoms with van der Waals surface area (Å²) in [5.74, 6) is -0.409. The van der Waals surface area contributed by atoms with Crippen LogP contribution in [-0.4, -0.2) is 54.3 Å². The van der Waals surface area contributed by atoms with E-state index in [1.807, 2.05) is 28.9 Å². The monoisotopic (exact) mass is 361 g/mol. The lowest BCUT2D eigenvalue weighted by Gasteiger charge is -2.34. The Kier molecular flexibility index (Phi) is 5.45. The second-order valence-corrected chi connectivity index (χ2v) is 7.32. The third-order valence-corrected chi connectivity index (χ3v) is 5.09. The summed E-state index contributed by atoms with van der Waals surface area (Å²) < 4.78 is 12.9. The van der Waals surface area contributed by atoms with Gasteiger partial charge in [-0.3, -0.25) is 14.5 Å². The smallest absolute Gasteiger partial charge is 0.264 e. The molecule has 1 aromatic heterocycles. The number of halogens is 1. The largest absolute Gasteiger partial charge is 0.335 e. The van der Waals surface area contributed by atoms with Crippen molar-refractivity contribution in [3.05, 3.63) is 52.0 Å². The summed E-state index contributed by atoms with van der Waals surface area (Å²) in [4.78, 5) is 30.2. The number of carbonyl (C=O) groups is 2. The normalized spacial score (nSPS) is 15.2. The Morgan fingerprint density at radius 1 is 1.08 bits per heavy atom. The zero-order valence-corrected chi connectivity index (χ0v) is 14.8. The van der Waals surface area contributed by atoms with E-state index in [0.29, 0.717) is 31.9 Å². The Morgan fingerprint density at radius 2 is 1.76 bits per heavy atom. The van der Waals surface area contributed by atoms with Crippen molar-refractivity contribution < 1.29 is 14.0 Å². The van der Waals surface area contributed by atoms with Crippen LogP contribution in [0.5, 0.6) is 0 Å².